The quantitative estimate of drug-likeness (QED) is 0.476. The highest BCUT2D eigenvalue weighted by molar-refractivity contribution is 6.01. The Kier molecular flexibility index (Phi) is 6.46. The molecule has 3 aromatic carbocycles. The summed E-state index contributed by atoms with van der Waals surface area (Å²) in [5, 5.41) is 0. The first kappa shape index (κ1) is 25.7. The molecule has 1 saturated heterocycles. The highest BCUT2D eigenvalue weighted by atomic mass is 16.7. The predicted molar refractivity (Wildman–Crippen MR) is 151 cm³/mol. The number of hydrogen-bond acceptors (Lipinski definition) is 7. The number of benzene rings is 3. The van der Waals surface area contributed by atoms with E-state index in [1.54, 1.807) is 14.2 Å². The molecule has 0 bridgehead atoms. The van der Waals surface area contributed by atoms with Crippen molar-refractivity contribution < 1.29 is 28.5 Å². The molecular weight excluding hydrogens is 522 g/mol. The first-order valence-corrected chi connectivity index (χ1v) is 14.1. The third-order valence-electron chi connectivity index (χ3n) is 8.82. The number of ether oxygens (including phenoxy) is 4. The number of nitrogens with zero attached hydrogens (tertiary/aromatic N) is 3. The van der Waals surface area contributed by atoms with Gasteiger partial charge < -0.3 is 28.7 Å². The van der Waals surface area contributed by atoms with Crippen LogP contribution in [-0.4, -0.2) is 80.3 Å². The van der Waals surface area contributed by atoms with Crippen LogP contribution in [0.5, 0.6) is 23.0 Å². The number of hydrogen-bond donors (Lipinski definition) is 0. The molecule has 0 aromatic heterocycles. The van der Waals surface area contributed by atoms with Crippen molar-refractivity contribution in [3.63, 3.8) is 0 Å². The molecule has 0 unspecified atom stereocenters. The summed E-state index contributed by atoms with van der Waals surface area (Å²) in [4.78, 5) is 34.3. The van der Waals surface area contributed by atoms with Gasteiger partial charge in [0.25, 0.3) is 5.91 Å². The van der Waals surface area contributed by atoms with Crippen molar-refractivity contribution >= 4 is 11.8 Å². The number of rotatable bonds is 5. The SMILES string of the molecule is COc1cc2c(cc1OC)[C@H]1[C@@H](C(=O)N3CCN(Cc4ccc5c(c4)OCO5)CC3)c3ccccc3C(=O)N1CC2. The Labute approximate surface area is 239 Å². The molecule has 3 aromatic rings. The lowest BCUT2D eigenvalue weighted by atomic mass is 9.75. The van der Waals surface area contributed by atoms with Crippen molar-refractivity contribution in [2.24, 2.45) is 0 Å². The van der Waals surface area contributed by atoms with Crippen LogP contribution >= 0.6 is 0 Å². The van der Waals surface area contributed by atoms with Crippen LogP contribution in [0.1, 0.15) is 44.6 Å². The number of carbonyl (C=O) groups excluding carboxylic acids is 2. The van der Waals surface area contributed by atoms with Gasteiger partial charge in [-0.3, -0.25) is 14.5 Å². The summed E-state index contributed by atoms with van der Waals surface area (Å²) in [7, 11) is 3.23. The van der Waals surface area contributed by atoms with Crippen LogP contribution in [0.2, 0.25) is 0 Å². The monoisotopic (exact) mass is 555 g/mol. The van der Waals surface area contributed by atoms with Crippen molar-refractivity contribution in [2.75, 3.05) is 53.7 Å². The van der Waals surface area contributed by atoms with E-state index in [-0.39, 0.29) is 18.6 Å². The van der Waals surface area contributed by atoms with Gasteiger partial charge in [-0.2, -0.15) is 0 Å². The molecule has 0 aliphatic carbocycles. The molecule has 4 heterocycles. The minimum atomic E-state index is -0.499. The van der Waals surface area contributed by atoms with Crippen LogP contribution in [0.25, 0.3) is 0 Å². The summed E-state index contributed by atoms with van der Waals surface area (Å²) in [6, 6.07) is 17.2. The summed E-state index contributed by atoms with van der Waals surface area (Å²) in [6.45, 7) is 4.38. The molecule has 1 fully saturated rings. The molecule has 0 spiro atoms. The van der Waals surface area contributed by atoms with Gasteiger partial charge in [0.15, 0.2) is 23.0 Å². The second kappa shape index (κ2) is 10.3. The van der Waals surface area contributed by atoms with Crippen molar-refractivity contribution in [3.8, 4) is 23.0 Å². The topological polar surface area (TPSA) is 80.8 Å². The smallest absolute Gasteiger partial charge is 0.254 e. The van der Waals surface area contributed by atoms with E-state index in [0.717, 1.165) is 53.4 Å². The summed E-state index contributed by atoms with van der Waals surface area (Å²) in [5.74, 6) is 2.36. The standard InChI is InChI=1S/C32H33N3O6/c1-38-26-16-21-9-10-35-30(24(21)17-27(26)39-2)29(22-5-3-4-6-23(22)31(35)36)32(37)34-13-11-33(12-14-34)18-20-7-8-25-28(15-20)41-19-40-25/h3-8,15-17,29-30H,9-14,18-19H2,1-2H3/t29-,30-/m0/s1. The zero-order valence-corrected chi connectivity index (χ0v) is 23.3. The Morgan fingerprint density at radius 1 is 0.878 bits per heavy atom. The zero-order valence-electron chi connectivity index (χ0n) is 23.3. The second-order valence-electron chi connectivity index (χ2n) is 11.0. The molecule has 7 rings (SSSR count). The average Bonchev–Trinajstić information content (AvgIpc) is 3.48. The molecule has 9 nitrogen and oxygen atoms in total. The maximum Gasteiger partial charge on any atom is 0.254 e. The van der Waals surface area contributed by atoms with Gasteiger partial charge in [-0.1, -0.05) is 24.3 Å². The van der Waals surface area contributed by atoms with Crippen LogP contribution in [0.15, 0.2) is 54.6 Å². The summed E-state index contributed by atoms with van der Waals surface area (Å²) in [5.41, 5.74) is 4.62. The van der Waals surface area contributed by atoms with Crippen LogP contribution in [0.3, 0.4) is 0 Å². The minimum Gasteiger partial charge on any atom is -0.493 e. The van der Waals surface area contributed by atoms with Crippen molar-refractivity contribution in [1.82, 2.24) is 14.7 Å². The molecule has 212 valence electrons. The van der Waals surface area contributed by atoms with E-state index in [9.17, 15) is 9.59 Å². The van der Waals surface area contributed by atoms with Gasteiger partial charge in [0.2, 0.25) is 12.7 Å². The summed E-state index contributed by atoms with van der Waals surface area (Å²) < 4.78 is 22.2. The van der Waals surface area contributed by atoms with E-state index >= 15 is 0 Å². The number of methoxy groups -OCH3 is 2. The van der Waals surface area contributed by atoms with E-state index in [4.69, 9.17) is 18.9 Å². The summed E-state index contributed by atoms with van der Waals surface area (Å²) in [6.07, 6.45) is 0.694. The molecule has 2 amide bonds. The fourth-order valence-electron chi connectivity index (χ4n) is 6.74. The zero-order chi connectivity index (χ0) is 28.1. The maximum atomic E-state index is 14.4. The molecule has 4 aliphatic heterocycles. The Bertz CT molecular complexity index is 1520. The highest BCUT2D eigenvalue weighted by Gasteiger charge is 2.48. The third kappa shape index (κ3) is 4.35. The van der Waals surface area contributed by atoms with E-state index in [0.29, 0.717) is 43.1 Å². The molecular formula is C32H33N3O6. The van der Waals surface area contributed by atoms with Crippen molar-refractivity contribution in [2.45, 2.75) is 24.9 Å². The fraction of sp³-hybridized carbons (Fsp3) is 0.375. The largest absolute Gasteiger partial charge is 0.493 e. The molecule has 0 saturated carbocycles. The van der Waals surface area contributed by atoms with Crippen molar-refractivity contribution in [1.29, 1.82) is 0 Å². The van der Waals surface area contributed by atoms with E-state index in [1.165, 1.54) is 0 Å². The second-order valence-corrected chi connectivity index (χ2v) is 11.0. The Balaban J connectivity index is 1.17. The summed E-state index contributed by atoms with van der Waals surface area (Å²) >= 11 is 0. The highest BCUT2D eigenvalue weighted by Crippen LogP contribution is 2.49. The van der Waals surface area contributed by atoms with Gasteiger partial charge in [-0.15, -0.1) is 0 Å². The van der Waals surface area contributed by atoms with Gasteiger partial charge >= 0.3 is 0 Å². The molecule has 41 heavy (non-hydrogen) atoms. The number of piperazine rings is 1. The minimum absolute atomic E-state index is 0.0244. The van der Waals surface area contributed by atoms with E-state index < -0.39 is 12.0 Å². The van der Waals surface area contributed by atoms with Crippen molar-refractivity contribution in [3.05, 3.63) is 82.4 Å². The Hall–Kier alpha value is -4.24. The molecule has 0 radical (unpaired) electrons. The fourth-order valence-corrected chi connectivity index (χ4v) is 6.74. The number of amides is 2. The number of fused-ring (bicyclic) bond motifs is 5. The van der Waals surface area contributed by atoms with Gasteiger partial charge in [0.1, 0.15) is 0 Å². The van der Waals surface area contributed by atoms with Gasteiger partial charge in [-0.25, -0.2) is 0 Å². The Morgan fingerprint density at radius 2 is 1.63 bits per heavy atom. The lowest BCUT2D eigenvalue weighted by molar-refractivity contribution is -0.136. The first-order valence-electron chi connectivity index (χ1n) is 14.1. The maximum absolute atomic E-state index is 14.4. The van der Waals surface area contributed by atoms with E-state index in [1.807, 2.05) is 58.3 Å². The van der Waals surface area contributed by atoms with Crippen LogP contribution < -0.4 is 18.9 Å². The average molecular weight is 556 g/mol. The third-order valence-corrected chi connectivity index (χ3v) is 8.82. The normalized spacial score (nSPS) is 21.2. The molecule has 4 aliphatic rings. The molecule has 2 atom stereocenters. The van der Waals surface area contributed by atoms with Gasteiger partial charge in [-0.05, 0) is 59.0 Å². The van der Waals surface area contributed by atoms with Crippen LogP contribution in [0, 0.1) is 0 Å². The molecule has 0 N–H and O–H groups in total. The Morgan fingerprint density at radius 3 is 2.44 bits per heavy atom. The lowest BCUT2D eigenvalue weighted by Gasteiger charge is -2.47. The predicted octanol–water partition coefficient (Wildman–Crippen LogP) is 3.61. The van der Waals surface area contributed by atoms with Crippen LogP contribution in [-0.2, 0) is 17.8 Å². The molecule has 9 heteroatoms. The van der Waals surface area contributed by atoms with Gasteiger partial charge in [0, 0.05) is 44.8 Å². The van der Waals surface area contributed by atoms with Gasteiger partial charge in [0.05, 0.1) is 26.2 Å². The lowest BCUT2D eigenvalue weighted by Crippen LogP contribution is -2.54. The van der Waals surface area contributed by atoms with Crippen LogP contribution in [0.4, 0.5) is 0 Å². The number of carbonyl (C=O) groups is 2. The first-order chi connectivity index (χ1) is 20.1. The van der Waals surface area contributed by atoms with E-state index in [2.05, 4.69) is 11.0 Å².